The molecule has 2 aromatic rings. The van der Waals surface area contributed by atoms with Crippen LogP contribution >= 0.6 is 11.8 Å². The van der Waals surface area contributed by atoms with Gasteiger partial charge in [0.15, 0.2) is 5.12 Å². The number of carbonyl (C=O) groups excluding carboxylic acids is 2. The number of hydrogen-bond donors (Lipinski definition) is 1. The van der Waals surface area contributed by atoms with E-state index in [0.29, 0.717) is 6.54 Å². The zero-order valence-corrected chi connectivity index (χ0v) is 13.7. The minimum atomic E-state index is -0.487. The first-order valence-electron chi connectivity index (χ1n) is 7.32. The molecular formula is C18H19NO3S. The second kappa shape index (κ2) is 9.00. The van der Waals surface area contributed by atoms with Crippen LogP contribution in [-0.4, -0.2) is 17.8 Å². The Kier molecular flexibility index (Phi) is 6.69. The van der Waals surface area contributed by atoms with Crippen LogP contribution in [0.15, 0.2) is 60.7 Å². The molecule has 2 aromatic carbocycles. The molecular weight excluding hydrogens is 310 g/mol. The summed E-state index contributed by atoms with van der Waals surface area (Å²) in [7, 11) is 0. The highest BCUT2D eigenvalue weighted by Gasteiger charge is 2.16. The van der Waals surface area contributed by atoms with Crippen LogP contribution in [0.2, 0.25) is 0 Å². The topological polar surface area (TPSA) is 55.4 Å². The Labute approximate surface area is 140 Å². The first-order valence-corrected chi connectivity index (χ1v) is 8.20. The summed E-state index contributed by atoms with van der Waals surface area (Å²) in [6.07, 6.45) is -0.487. The smallest absolute Gasteiger partial charge is 0.407 e. The van der Waals surface area contributed by atoms with E-state index in [1.165, 1.54) is 18.7 Å². The summed E-state index contributed by atoms with van der Waals surface area (Å²) in [4.78, 5) is 23.2. The molecule has 1 N–H and O–H groups in total. The molecule has 0 aliphatic carbocycles. The molecule has 2 rings (SSSR count). The van der Waals surface area contributed by atoms with Gasteiger partial charge in [0, 0.05) is 13.5 Å². The maximum atomic E-state index is 11.8. The van der Waals surface area contributed by atoms with Gasteiger partial charge in [-0.3, -0.25) is 4.79 Å². The summed E-state index contributed by atoms with van der Waals surface area (Å²) in [5.41, 5.74) is 1.93. The Hall–Kier alpha value is -2.27. The zero-order valence-electron chi connectivity index (χ0n) is 12.9. The second-order valence-corrected chi connectivity index (χ2v) is 6.33. The van der Waals surface area contributed by atoms with Gasteiger partial charge in [0.05, 0.1) is 5.25 Å². The van der Waals surface area contributed by atoms with Crippen molar-refractivity contribution in [3.63, 3.8) is 0 Å². The van der Waals surface area contributed by atoms with Gasteiger partial charge < -0.3 is 10.1 Å². The van der Waals surface area contributed by atoms with Crippen LogP contribution in [0, 0.1) is 0 Å². The number of ether oxygens (including phenoxy) is 1. The van der Waals surface area contributed by atoms with Crippen molar-refractivity contribution in [1.82, 2.24) is 5.32 Å². The normalized spacial score (nSPS) is 11.5. The summed E-state index contributed by atoms with van der Waals surface area (Å²) < 4.78 is 5.18. The molecule has 0 fully saturated rings. The number of alkyl carbamates (subject to hydrolysis) is 1. The van der Waals surface area contributed by atoms with Crippen molar-refractivity contribution in [3.8, 4) is 0 Å². The van der Waals surface area contributed by atoms with Gasteiger partial charge >= 0.3 is 6.09 Å². The fourth-order valence-electron chi connectivity index (χ4n) is 2.05. The SMILES string of the molecule is CC(=O)SC(CNC(=O)OCc1ccccc1)c1ccccc1. The Morgan fingerprint density at radius 3 is 2.26 bits per heavy atom. The van der Waals surface area contributed by atoms with Crippen molar-refractivity contribution in [2.24, 2.45) is 0 Å². The van der Waals surface area contributed by atoms with Crippen molar-refractivity contribution in [3.05, 3.63) is 71.8 Å². The van der Waals surface area contributed by atoms with Crippen LogP contribution in [0.4, 0.5) is 4.79 Å². The van der Waals surface area contributed by atoms with E-state index < -0.39 is 6.09 Å². The Morgan fingerprint density at radius 2 is 1.65 bits per heavy atom. The van der Waals surface area contributed by atoms with Gasteiger partial charge in [0.2, 0.25) is 0 Å². The van der Waals surface area contributed by atoms with Crippen LogP contribution in [0.25, 0.3) is 0 Å². The highest BCUT2D eigenvalue weighted by molar-refractivity contribution is 8.13. The van der Waals surface area contributed by atoms with E-state index in [2.05, 4.69) is 5.32 Å². The van der Waals surface area contributed by atoms with E-state index in [1.807, 2.05) is 60.7 Å². The van der Waals surface area contributed by atoms with Crippen molar-refractivity contribution in [1.29, 1.82) is 0 Å². The number of benzene rings is 2. The minimum absolute atomic E-state index is 0.0123. The van der Waals surface area contributed by atoms with Crippen molar-refractivity contribution in [2.75, 3.05) is 6.54 Å². The molecule has 1 unspecified atom stereocenters. The minimum Gasteiger partial charge on any atom is -0.445 e. The van der Waals surface area contributed by atoms with Crippen molar-refractivity contribution >= 4 is 23.0 Å². The van der Waals surface area contributed by atoms with E-state index in [0.717, 1.165) is 11.1 Å². The molecule has 0 saturated carbocycles. The molecule has 120 valence electrons. The second-order valence-electron chi connectivity index (χ2n) is 4.95. The average Bonchev–Trinajstić information content (AvgIpc) is 2.58. The van der Waals surface area contributed by atoms with Gasteiger partial charge in [-0.05, 0) is 11.1 Å². The molecule has 0 aromatic heterocycles. The fourth-order valence-corrected chi connectivity index (χ4v) is 2.91. The fraction of sp³-hybridized carbons (Fsp3) is 0.222. The first kappa shape index (κ1) is 17.1. The molecule has 23 heavy (non-hydrogen) atoms. The van der Waals surface area contributed by atoms with Crippen LogP contribution < -0.4 is 5.32 Å². The summed E-state index contributed by atoms with van der Waals surface area (Å²) in [5.74, 6) is 0. The van der Waals surface area contributed by atoms with Crippen molar-refractivity contribution in [2.45, 2.75) is 18.8 Å². The standard InChI is InChI=1S/C18H19NO3S/c1-14(20)23-17(16-10-6-3-7-11-16)12-19-18(21)22-13-15-8-4-2-5-9-15/h2-11,17H,12-13H2,1H3,(H,19,21). The third-order valence-electron chi connectivity index (χ3n) is 3.12. The molecule has 0 spiro atoms. The summed E-state index contributed by atoms with van der Waals surface area (Å²) in [6.45, 7) is 2.08. The molecule has 0 heterocycles. The quantitative estimate of drug-likeness (QED) is 0.872. The van der Waals surface area contributed by atoms with E-state index >= 15 is 0 Å². The van der Waals surface area contributed by atoms with E-state index in [-0.39, 0.29) is 17.0 Å². The lowest BCUT2D eigenvalue weighted by Gasteiger charge is -2.16. The predicted octanol–water partition coefficient (Wildman–Crippen LogP) is 3.93. The molecule has 0 radical (unpaired) electrons. The molecule has 4 nitrogen and oxygen atoms in total. The predicted molar refractivity (Wildman–Crippen MR) is 92.1 cm³/mol. The average molecular weight is 329 g/mol. The van der Waals surface area contributed by atoms with Gasteiger partial charge in [-0.1, -0.05) is 72.4 Å². The molecule has 0 aliphatic heterocycles. The zero-order chi connectivity index (χ0) is 16.5. The van der Waals surface area contributed by atoms with Crippen LogP contribution in [0.5, 0.6) is 0 Å². The highest BCUT2D eigenvalue weighted by atomic mass is 32.2. The monoisotopic (exact) mass is 329 g/mol. The Morgan fingerprint density at radius 1 is 1.04 bits per heavy atom. The molecule has 0 saturated heterocycles. The third-order valence-corrected chi connectivity index (χ3v) is 4.18. The van der Waals surface area contributed by atoms with Gasteiger partial charge in [-0.15, -0.1) is 0 Å². The van der Waals surface area contributed by atoms with Gasteiger partial charge in [0.1, 0.15) is 6.61 Å². The number of rotatable bonds is 6. The van der Waals surface area contributed by atoms with Gasteiger partial charge in [-0.2, -0.15) is 0 Å². The molecule has 1 atom stereocenters. The first-order chi connectivity index (χ1) is 11.1. The maximum absolute atomic E-state index is 11.8. The molecule has 0 bridgehead atoms. The van der Waals surface area contributed by atoms with E-state index in [4.69, 9.17) is 4.74 Å². The van der Waals surface area contributed by atoms with Crippen LogP contribution in [-0.2, 0) is 16.1 Å². The number of thioether (sulfide) groups is 1. The molecule has 1 amide bonds. The number of hydrogen-bond acceptors (Lipinski definition) is 4. The molecule has 5 heteroatoms. The summed E-state index contributed by atoms with van der Waals surface area (Å²) in [5, 5.41) is 2.61. The third kappa shape index (κ3) is 6.16. The maximum Gasteiger partial charge on any atom is 0.407 e. The lowest BCUT2D eigenvalue weighted by atomic mass is 10.1. The summed E-state index contributed by atoms with van der Waals surface area (Å²) >= 11 is 1.20. The van der Waals surface area contributed by atoms with Crippen molar-refractivity contribution < 1.29 is 14.3 Å². The van der Waals surface area contributed by atoms with E-state index in [1.54, 1.807) is 0 Å². The Bertz CT molecular complexity index is 631. The van der Waals surface area contributed by atoms with Crippen LogP contribution in [0.1, 0.15) is 23.3 Å². The number of nitrogens with one attached hydrogen (secondary N) is 1. The van der Waals surface area contributed by atoms with Crippen LogP contribution in [0.3, 0.4) is 0 Å². The van der Waals surface area contributed by atoms with E-state index in [9.17, 15) is 9.59 Å². The van der Waals surface area contributed by atoms with Gasteiger partial charge in [0.25, 0.3) is 0 Å². The molecule has 0 aliphatic rings. The number of amides is 1. The summed E-state index contributed by atoms with van der Waals surface area (Å²) in [6, 6.07) is 19.1. The van der Waals surface area contributed by atoms with Gasteiger partial charge in [-0.25, -0.2) is 4.79 Å². The Balaban J connectivity index is 1.85. The number of carbonyl (C=O) groups is 2. The lowest BCUT2D eigenvalue weighted by molar-refractivity contribution is -0.109. The largest absolute Gasteiger partial charge is 0.445 e. The highest BCUT2D eigenvalue weighted by Crippen LogP contribution is 2.28. The lowest BCUT2D eigenvalue weighted by Crippen LogP contribution is -2.28.